The van der Waals surface area contributed by atoms with Gasteiger partial charge in [-0.2, -0.15) is 5.10 Å². The molecular formula is C17H17N5O. The summed E-state index contributed by atoms with van der Waals surface area (Å²) in [6.07, 6.45) is 6.85. The minimum absolute atomic E-state index is 0.0191. The molecule has 0 fully saturated rings. The van der Waals surface area contributed by atoms with E-state index in [9.17, 15) is 4.79 Å². The Bertz CT molecular complexity index is 795. The highest BCUT2D eigenvalue weighted by Crippen LogP contribution is 2.18. The Kier molecular flexibility index (Phi) is 4.14. The van der Waals surface area contributed by atoms with E-state index in [1.165, 1.54) is 6.92 Å². The van der Waals surface area contributed by atoms with Crippen LogP contribution < -0.4 is 5.32 Å². The molecule has 116 valence electrons. The predicted octanol–water partition coefficient (Wildman–Crippen LogP) is 2.53. The Morgan fingerprint density at radius 1 is 1.13 bits per heavy atom. The average Bonchev–Trinajstić information content (AvgIpc) is 3.05. The first kappa shape index (κ1) is 14.9. The van der Waals surface area contributed by atoms with Gasteiger partial charge in [-0.1, -0.05) is 12.1 Å². The van der Waals surface area contributed by atoms with Crippen LogP contribution in [0.4, 0.5) is 0 Å². The van der Waals surface area contributed by atoms with Crippen molar-refractivity contribution in [2.45, 2.75) is 19.9 Å². The molecule has 0 radical (unpaired) electrons. The topological polar surface area (TPSA) is 72.7 Å². The van der Waals surface area contributed by atoms with Crippen LogP contribution in [-0.4, -0.2) is 25.7 Å². The highest BCUT2D eigenvalue weighted by molar-refractivity contribution is 5.73. The van der Waals surface area contributed by atoms with Crippen molar-refractivity contribution in [3.63, 3.8) is 0 Å². The lowest BCUT2D eigenvalue weighted by Gasteiger charge is -2.13. The Morgan fingerprint density at radius 2 is 1.91 bits per heavy atom. The van der Waals surface area contributed by atoms with Gasteiger partial charge in [0.15, 0.2) is 0 Å². The minimum atomic E-state index is -0.0396. The van der Waals surface area contributed by atoms with Crippen molar-refractivity contribution in [3.8, 4) is 17.1 Å². The Balaban J connectivity index is 1.80. The van der Waals surface area contributed by atoms with Crippen LogP contribution in [0.3, 0.4) is 0 Å². The third-order valence-electron chi connectivity index (χ3n) is 3.49. The summed E-state index contributed by atoms with van der Waals surface area (Å²) in [5, 5.41) is 7.39. The zero-order valence-corrected chi connectivity index (χ0v) is 13.0. The summed E-state index contributed by atoms with van der Waals surface area (Å²) < 4.78 is 1.79. The number of rotatable bonds is 4. The summed E-state index contributed by atoms with van der Waals surface area (Å²) >= 11 is 0. The summed E-state index contributed by atoms with van der Waals surface area (Å²) in [4.78, 5) is 19.4. The van der Waals surface area contributed by atoms with E-state index in [-0.39, 0.29) is 11.9 Å². The summed E-state index contributed by atoms with van der Waals surface area (Å²) in [7, 11) is 0. The summed E-state index contributed by atoms with van der Waals surface area (Å²) in [6, 6.07) is 9.80. The molecule has 1 unspecified atom stereocenters. The third kappa shape index (κ3) is 3.42. The van der Waals surface area contributed by atoms with Gasteiger partial charge in [-0.15, -0.1) is 0 Å². The highest BCUT2D eigenvalue weighted by atomic mass is 16.1. The molecule has 1 amide bonds. The number of aromatic nitrogens is 4. The van der Waals surface area contributed by atoms with Gasteiger partial charge in [0, 0.05) is 25.5 Å². The average molecular weight is 307 g/mol. The number of nitrogens with zero attached hydrogens (tertiary/aromatic N) is 4. The predicted molar refractivity (Wildman–Crippen MR) is 86.8 cm³/mol. The number of nitrogens with one attached hydrogen (secondary N) is 1. The third-order valence-corrected chi connectivity index (χ3v) is 3.49. The first-order valence-corrected chi connectivity index (χ1v) is 7.33. The zero-order valence-electron chi connectivity index (χ0n) is 13.0. The van der Waals surface area contributed by atoms with Gasteiger partial charge in [0.2, 0.25) is 5.91 Å². The van der Waals surface area contributed by atoms with Crippen molar-refractivity contribution in [1.29, 1.82) is 0 Å². The highest BCUT2D eigenvalue weighted by Gasteiger charge is 2.08. The molecular weight excluding hydrogens is 290 g/mol. The molecule has 0 bridgehead atoms. The summed E-state index contributed by atoms with van der Waals surface area (Å²) in [5.41, 5.74) is 3.50. The quantitative estimate of drug-likeness (QED) is 0.804. The second kappa shape index (κ2) is 6.39. The molecule has 0 spiro atoms. The fourth-order valence-corrected chi connectivity index (χ4v) is 2.34. The van der Waals surface area contributed by atoms with E-state index in [1.54, 1.807) is 23.3 Å². The second-order valence-electron chi connectivity index (χ2n) is 5.25. The molecule has 0 saturated carbocycles. The van der Waals surface area contributed by atoms with E-state index >= 15 is 0 Å². The van der Waals surface area contributed by atoms with Gasteiger partial charge in [0.25, 0.3) is 0 Å². The fraction of sp³-hybridized carbons (Fsp3) is 0.176. The monoisotopic (exact) mass is 307 g/mol. The molecule has 0 aliphatic rings. The zero-order chi connectivity index (χ0) is 16.2. The van der Waals surface area contributed by atoms with Crippen LogP contribution >= 0.6 is 0 Å². The van der Waals surface area contributed by atoms with Crippen LogP contribution in [0.1, 0.15) is 25.5 Å². The van der Waals surface area contributed by atoms with E-state index in [0.717, 1.165) is 22.6 Å². The lowest BCUT2D eigenvalue weighted by atomic mass is 10.1. The number of carbonyl (C=O) groups is 1. The van der Waals surface area contributed by atoms with Crippen LogP contribution in [-0.2, 0) is 4.79 Å². The molecule has 6 nitrogen and oxygen atoms in total. The molecule has 1 N–H and O–H groups in total. The number of amides is 1. The largest absolute Gasteiger partial charge is 0.350 e. The molecule has 2 aromatic heterocycles. The van der Waals surface area contributed by atoms with Crippen molar-refractivity contribution < 1.29 is 4.79 Å². The molecule has 0 saturated heterocycles. The van der Waals surface area contributed by atoms with Crippen LogP contribution in [0.5, 0.6) is 0 Å². The van der Waals surface area contributed by atoms with E-state index in [1.807, 2.05) is 43.5 Å². The van der Waals surface area contributed by atoms with Crippen LogP contribution in [0, 0.1) is 0 Å². The van der Waals surface area contributed by atoms with Gasteiger partial charge in [-0.05, 0) is 30.7 Å². The minimum Gasteiger partial charge on any atom is -0.350 e. The Morgan fingerprint density at radius 3 is 2.57 bits per heavy atom. The molecule has 3 rings (SSSR count). The lowest BCUT2D eigenvalue weighted by Crippen LogP contribution is -2.23. The van der Waals surface area contributed by atoms with E-state index in [4.69, 9.17) is 0 Å². The molecule has 23 heavy (non-hydrogen) atoms. The van der Waals surface area contributed by atoms with Gasteiger partial charge >= 0.3 is 0 Å². The van der Waals surface area contributed by atoms with Gasteiger partial charge in [0.1, 0.15) is 11.4 Å². The van der Waals surface area contributed by atoms with Crippen LogP contribution in [0.25, 0.3) is 17.1 Å². The lowest BCUT2D eigenvalue weighted by molar-refractivity contribution is -0.119. The van der Waals surface area contributed by atoms with Crippen molar-refractivity contribution >= 4 is 5.91 Å². The van der Waals surface area contributed by atoms with Crippen molar-refractivity contribution in [3.05, 3.63) is 60.7 Å². The van der Waals surface area contributed by atoms with Crippen molar-refractivity contribution in [2.24, 2.45) is 0 Å². The number of carbonyl (C=O) groups excluding carboxylic acids is 1. The molecule has 1 aromatic carbocycles. The van der Waals surface area contributed by atoms with Gasteiger partial charge in [-0.3, -0.25) is 14.8 Å². The second-order valence-corrected chi connectivity index (χ2v) is 5.25. The van der Waals surface area contributed by atoms with Gasteiger partial charge in [-0.25, -0.2) is 4.68 Å². The van der Waals surface area contributed by atoms with Gasteiger partial charge < -0.3 is 5.32 Å². The molecule has 6 heteroatoms. The van der Waals surface area contributed by atoms with E-state index < -0.39 is 0 Å². The number of benzene rings is 1. The Labute approximate surface area is 134 Å². The fourth-order valence-electron chi connectivity index (χ4n) is 2.34. The maximum atomic E-state index is 11.1. The maximum Gasteiger partial charge on any atom is 0.217 e. The van der Waals surface area contributed by atoms with Crippen molar-refractivity contribution in [2.75, 3.05) is 0 Å². The molecule has 2 heterocycles. The molecule has 0 aliphatic carbocycles. The summed E-state index contributed by atoms with van der Waals surface area (Å²) in [6.45, 7) is 3.47. The molecule has 1 atom stereocenters. The van der Waals surface area contributed by atoms with Crippen LogP contribution in [0.2, 0.25) is 0 Å². The summed E-state index contributed by atoms with van der Waals surface area (Å²) in [5.74, 6) is -0.0396. The number of hydrogen-bond acceptors (Lipinski definition) is 4. The smallest absolute Gasteiger partial charge is 0.217 e. The normalized spacial score (nSPS) is 11.9. The standard InChI is InChI=1S/C17H17N5O/c1-12(20-13(2)23)14-3-5-15(6-4-14)22-10-7-16(21-22)17-11-18-8-9-19-17/h3-12H,1-2H3,(H,20,23). The van der Waals surface area contributed by atoms with Gasteiger partial charge in [0.05, 0.1) is 17.9 Å². The van der Waals surface area contributed by atoms with Crippen molar-refractivity contribution in [1.82, 2.24) is 25.1 Å². The van der Waals surface area contributed by atoms with E-state index in [2.05, 4.69) is 20.4 Å². The first-order chi connectivity index (χ1) is 11.1. The van der Waals surface area contributed by atoms with Crippen LogP contribution in [0.15, 0.2) is 55.1 Å². The Hall–Kier alpha value is -3.02. The molecule has 0 aliphatic heterocycles. The SMILES string of the molecule is CC(=O)NC(C)c1ccc(-n2ccc(-c3cnccn3)n2)cc1. The number of hydrogen-bond donors (Lipinski definition) is 1. The maximum absolute atomic E-state index is 11.1. The molecule has 3 aromatic rings. The first-order valence-electron chi connectivity index (χ1n) is 7.33. The van der Waals surface area contributed by atoms with E-state index in [0.29, 0.717) is 0 Å².